The summed E-state index contributed by atoms with van der Waals surface area (Å²) in [6.45, 7) is 0.0809. The van der Waals surface area contributed by atoms with Crippen LogP contribution in [0.3, 0.4) is 0 Å². The Hall–Kier alpha value is 0.110. The van der Waals surface area contributed by atoms with Crippen LogP contribution in [0.5, 0.6) is 0 Å². The van der Waals surface area contributed by atoms with Gasteiger partial charge in [0.05, 0.1) is 12.6 Å². The van der Waals surface area contributed by atoms with Crippen LogP contribution in [0.4, 0.5) is 0 Å². The molecular formula is C11H23NO5S. The SMILES string of the molecule is NC1C(OCCCCCS)OC(CO)[C@@H](O)[C@@H]1O. The lowest BCUT2D eigenvalue weighted by molar-refractivity contribution is -0.265. The van der Waals surface area contributed by atoms with E-state index in [0.29, 0.717) is 6.61 Å². The van der Waals surface area contributed by atoms with Gasteiger partial charge in [0, 0.05) is 6.61 Å². The van der Waals surface area contributed by atoms with Crippen molar-refractivity contribution in [3.8, 4) is 0 Å². The summed E-state index contributed by atoms with van der Waals surface area (Å²) >= 11 is 4.11. The van der Waals surface area contributed by atoms with Crippen LogP contribution in [0.25, 0.3) is 0 Å². The minimum Gasteiger partial charge on any atom is -0.394 e. The lowest BCUT2D eigenvalue weighted by Crippen LogP contribution is -2.62. The van der Waals surface area contributed by atoms with Crippen molar-refractivity contribution in [2.24, 2.45) is 5.73 Å². The molecule has 5 N–H and O–H groups in total. The quantitative estimate of drug-likeness (QED) is 0.299. The van der Waals surface area contributed by atoms with E-state index < -0.39 is 30.6 Å². The van der Waals surface area contributed by atoms with Crippen LogP contribution >= 0.6 is 12.6 Å². The first kappa shape index (κ1) is 16.2. The lowest BCUT2D eigenvalue weighted by atomic mass is 9.98. The molecule has 1 aliphatic rings. The van der Waals surface area contributed by atoms with E-state index in [2.05, 4.69) is 12.6 Å². The van der Waals surface area contributed by atoms with E-state index in [1.807, 2.05) is 0 Å². The first-order valence-electron chi connectivity index (χ1n) is 6.22. The first-order chi connectivity index (χ1) is 8.61. The fourth-order valence-electron chi connectivity index (χ4n) is 1.84. The van der Waals surface area contributed by atoms with Crippen LogP contribution in [0.15, 0.2) is 0 Å². The zero-order valence-electron chi connectivity index (χ0n) is 10.3. The topological polar surface area (TPSA) is 105 Å². The Balaban J connectivity index is 2.35. The Labute approximate surface area is 112 Å². The van der Waals surface area contributed by atoms with Crippen LogP contribution in [0.1, 0.15) is 19.3 Å². The maximum atomic E-state index is 9.70. The van der Waals surface area contributed by atoms with Gasteiger partial charge in [0.1, 0.15) is 18.3 Å². The number of aliphatic hydroxyl groups is 3. The third-order valence-electron chi connectivity index (χ3n) is 3.01. The minimum absolute atomic E-state index is 0.384. The van der Waals surface area contributed by atoms with Crippen molar-refractivity contribution in [1.29, 1.82) is 0 Å². The van der Waals surface area contributed by atoms with E-state index in [-0.39, 0.29) is 6.61 Å². The molecule has 3 unspecified atom stereocenters. The molecule has 1 aliphatic heterocycles. The molecule has 0 amide bonds. The summed E-state index contributed by atoms with van der Waals surface area (Å²) in [5.74, 6) is 0.844. The van der Waals surface area contributed by atoms with Gasteiger partial charge in [0.25, 0.3) is 0 Å². The first-order valence-corrected chi connectivity index (χ1v) is 6.85. The van der Waals surface area contributed by atoms with Gasteiger partial charge in [-0.3, -0.25) is 0 Å². The smallest absolute Gasteiger partial charge is 0.175 e. The van der Waals surface area contributed by atoms with E-state index in [9.17, 15) is 10.2 Å². The Kier molecular flexibility index (Phi) is 7.47. The minimum atomic E-state index is -1.19. The number of hydrogen-bond acceptors (Lipinski definition) is 7. The van der Waals surface area contributed by atoms with Crippen molar-refractivity contribution < 1.29 is 24.8 Å². The van der Waals surface area contributed by atoms with Gasteiger partial charge in [0.15, 0.2) is 6.29 Å². The number of nitrogens with two attached hydrogens (primary N) is 1. The van der Waals surface area contributed by atoms with E-state index in [1.54, 1.807) is 0 Å². The molecule has 1 rings (SSSR count). The highest BCUT2D eigenvalue weighted by Crippen LogP contribution is 2.20. The predicted octanol–water partition coefficient (Wildman–Crippen LogP) is -1.13. The van der Waals surface area contributed by atoms with Gasteiger partial charge in [-0.05, 0) is 18.6 Å². The van der Waals surface area contributed by atoms with E-state index >= 15 is 0 Å². The average molecular weight is 281 g/mol. The number of unbranched alkanes of at least 4 members (excludes halogenated alkanes) is 2. The molecule has 0 bridgehead atoms. The van der Waals surface area contributed by atoms with Crippen LogP contribution in [0, 0.1) is 0 Å². The summed E-state index contributed by atoms with van der Waals surface area (Å²) in [5.41, 5.74) is 5.72. The van der Waals surface area contributed by atoms with Crippen molar-refractivity contribution in [1.82, 2.24) is 0 Å². The standard InChI is InChI=1S/C11H23NO5S/c12-8-10(15)9(14)7(6-13)17-11(8)16-4-2-1-3-5-18/h7-11,13-15,18H,1-6,12H2/t7?,8?,9-,10-,11?/m1/s1. The summed E-state index contributed by atoms with van der Waals surface area (Å²) < 4.78 is 10.8. The van der Waals surface area contributed by atoms with Crippen molar-refractivity contribution in [2.75, 3.05) is 19.0 Å². The number of ether oxygens (including phenoxy) is 2. The van der Waals surface area contributed by atoms with Crippen molar-refractivity contribution in [3.63, 3.8) is 0 Å². The summed E-state index contributed by atoms with van der Waals surface area (Å²) in [6, 6.07) is -0.812. The molecule has 108 valence electrons. The largest absolute Gasteiger partial charge is 0.394 e. The Morgan fingerprint density at radius 3 is 2.50 bits per heavy atom. The van der Waals surface area contributed by atoms with Crippen LogP contribution in [-0.4, -0.2) is 64.9 Å². The molecule has 0 aliphatic carbocycles. The van der Waals surface area contributed by atoms with Crippen LogP contribution in [-0.2, 0) is 9.47 Å². The fourth-order valence-corrected chi connectivity index (χ4v) is 2.07. The predicted molar refractivity (Wildman–Crippen MR) is 69.4 cm³/mol. The molecule has 18 heavy (non-hydrogen) atoms. The fraction of sp³-hybridized carbons (Fsp3) is 1.00. The molecule has 0 spiro atoms. The van der Waals surface area contributed by atoms with E-state index in [0.717, 1.165) is 25.0 Å². The van der Waals surface area contributed by atoms with Crippen LogP contribution < -0.4 is 5.73 Å². The maximum Gasteiger partial charge on any atom is 0.175 e. The van der Waals surface area contributed by atoms with Gasteiger partial charge in [-0.1, -0.05) is 6.42 Å². The molecule has 7 heteroatoms. The third kappa shape index (κ3) is 4.34. The molecular weight excluding hydrogens is 258 g/mol. The highest BCUT2D eigenvalue weighted by molar-refractivity contribution is 7.80. The molecule has 0 aromatic carbocycles. The molecule has 0 radical (unpaired) electrons. The average Bonchev–Trinajstić information content (AvgIpc) is 2.38. The number of hydrogen-bond donors (Lipinski definition) is 5. The molecule has 1 fully saturated rings. The molecule has 1 heterocycles. The van der Waals surface area contributed by atoms with Gasteiger partial charge < -0.3 is 30.5 Å². The van der Waals surface area contributed by atoms with E-state index in [1.165, 1.54) is 0 Å². The molecule has 0 aromatic rings. The summed E-state index contributed by atoms with van der Waals surface area (Å²) in [7, 11) is 0. The summed E-state index contributed by atoms with van der Waals surface area (Å²) in [5, 5.41) is 28.3. The van der Waals surface area contributed by atoms with Crippen molar-refractivity contribution >= 4 is 12.6 Å². The van der Waals surface area contributed by atoms with Crippen molar-refractivity contribution in [3.05, 3.63) is 0 Å². The Morgan fingerprint density at radius 1 is 1.17 bits per heavy atom. The van der Waals surface area contributed by atoms with Gasteiger partial charge >= 0.3 is 0 Å². The Morgan fingerprint density at radius 2 is 1.89 bits per heavy atom. The van der Waals surface area contributed by atoms with Gasteiger partial charge in [-0.25, -0.2) is 0 Å². The highest BCUT2D eigenvalue weighted by atomic mass is 32.1. The maximum absolute atomic E-state index is 9.70. The van der Waals surface area contributed by atoms with Crippen molar-refractivity contribution in [2.45, 2.75) is 49.9 Å². The zero-order valence-corrected chi connectivity index (χ0v) is 11.2. The third-order valence-corrected chi connectivity index (χ3v) is 3.33. The number of rotatable bonds is 7. The lowest BCUT2D eigenvalue weighted by Gasteiger charge is -2.40. The van der Waals surface area contributed by atoms with Gasteiger partial charge in [-0.2, -0.15) is 12.6 Å². The Bertz CT molecular complexity index is 231. The molecule has 1 saturated heterocycles. The summed E-state index contributed by atoms with van der Waals surface area (Å²) in [4.78, 5) is 0. The normalized spacial score (nSPS) is 36.8. The van der Waals surface area contributed by atoms with Crippen LogP contribution in [0.2, 0.25) is 0 Å². The molecule has 5 atom stereocenters. The number of thiol groups is 1. The second kappa shape index (κ2) is 8.31. The summed E-state index contributed by atoms with van der Waals surface area (Å²) in [6.07, 6.45) is -1.12. The second-order valence-corrected chi connectivity index (χ2v) is 4.89. The molecule has 6 nitrogen and oxygen atoms in total. The monoisotopic (exact) mass is 281 g/mol. The second-order valence-electron chi connectivity index (χ2n) is 4.44. The number of aliphatic hydroxyl groups excluding tert-OH is 3. The highest BCUT2D eigenvalue weighted by Gasteiger charge is 2.42. The van der Waals surface area contributed by atoms with Gasteiger partial charge in [-0.15, -0.1) is 0 Å². The molecule has 0 saturated carbocycles. The molecule has 0 aromatic heterocycles. The van der Waals surface area contributed by atoms with E-state index in [4.69, 9.17) is 20.3 Å². The van der Waals surface area contributed by atoms with Gasteiger partial charge in [0.2, 0.25) is 0 Å². The zero-order chi connectivity index (χ0) is 13.5.